The van der Waals surface area contributed by atoms with Gasteiger partial charge in [-0.3, -0.25) is 14.9 Å². The van der Waals surface area contributed by atoms with E-state index in [2.05, 4.69) is 5.32 Å². The van der Waals surface area contributed by atoms with Crippen LogP contribution in [0.2, 0.25) is 0 Å². The van der Waals surface area contributed by atoms with Crippen LogP contribution in [0.3, 0.4) is 0 Å². The lowest BCUT2D eigenvalue weighted by Crippen LogP contribution is -2.38. The number of rotatable bonds is 8. The molecule has 1 fully saturated rings. The zero-order chi connectivity index (χ0) is 24.9. The minimum atomic E-state index is -3.85. The molecule has 0 bridgehead atoms. The SMILES string of the molecule is Cc1cc(C(=O)OCC(=O)Nc2ccccc2S(=O)(=O)N(C)C2CCCCC2)ccc1[N+](=O)[O-]. The molecule has 0 spiro atoms. The van der Waals surface area contributed by atoms with Crippen molar-refractivity contribution in [2.45, 2.75) is 50.0 Å². The first-order valence-electron chi connectivity index (χ1n) is 10.9. The van der Waals surface area contributed by atoms with E-state index in [9.17, 15) is 28.1 Å². The molecule has 0 saturated heterocycles. The molecule has 0 radical (unpaired) electrons. The summed E-state index contributed by atoms with van der Waals surface area (Å²) in [5, 5.41) is 13.4. The highest BCUT2D eigenvalue weighted by Gasteiger charge is 2.31. The van der Waals surface area contributed by atoms with Crippen molar-refractivity contribution < 1.29 is 27.7 Å². The second-order valence-corrected chi connectivity index (χ2v) is 10.2. The van der Waals surface area contributed by atoms with Crippen LogP contribution in [-0.4, -0.2) is 49.2 Å². The highest BCUT2D eigenvalue weighted by atomic mass is 32.2. The summed E-state index contributed by atoms with van der Waals surface area (Å²) in [6.07, 6.45) is 4.63. The van der Waals surface area contributed by atoms with Crippen LogP contribution in [0.4, 0.5) is 11.4 Å². The van der Waals surface area contributed by atoms with Crippen molar-refractivity contribution in [3.05, 3.63) is 63.7 Å². The van der Waals surface area contributed by atoms with Crippen molar-refractivity contribution in [3.63, 3.8) is 0 Å². The average Bonchev–Trinajstić information content (AvgIpc) is 2.82. The second kappa shape index (κ2) is 10.7. The molecule has 0 atom stereocenters. The highest BCUT2D eigenvalue weighted by molar-refractivity contribution is 7.89. The van der Waals surface area contributed by atoms with Gasteiger partial charge in [-0.1, -0.05) is 31.4 Å². The summed E-state index contributed by atoms with van der Waals surface area (Å²) < 4.78 is 32.8. The Labute approximate surface area is 198 Å². The van der Waals surface area contributed by atoms with Crippen molar-refractivity contribution in [1.29, 1.82) is 0 Å². The Bertz CT molecular complexity index is 1190. The molecule has 1 saturated carbocycles. The van der Waals surface area contributed by atoms with E-state index in [1.807, 2.05) is 0 Å². The molecule has 0 unspecified atom stereocenters. The largest absolute Gasteiger partial charge is 0.452 e. The van der Waals surface area contributed by atoms with Gasteiger partial charge < -0.3 is 10.1 Å². The van der Waals surface area contributed by atoms with Crippen molar-refractivity contribution in [2.75, 3.05) is 19.0 Å². The molecule has 182 valence electrons. The van der Waals surface area contributed by atoms with Gasteiger partial charge in [0.2, 0.25) is 10.0 Å². The Morgan fingerprint density at radius 3 is 2.47 bits per heavy atom. The van der Waals surface area contributed by atoms with Gasteiger partial charge in [0.25, 0.3) is 11.6 Å². The van der Waals surface area contributed by atoms with E-state index in [1.54, 1.807) is 19.2 Å². The Balaban J connectivity index is 1.67. The predicted octanol–water partition coefficient (Wildman–Crippen LogP) is 3.65. The number of para-hydroxylation sites is 1. The predicted molar refractivity (Wildman–Crippen MR) is 125 cm³/mol. The summed E-state index contributed by atoms with van der Waals surface area (Å²) in [6.45, 7) is 0.838. The molecule has 0 aliphatic heterocycles. The lowest BCUT2D eigenvalue weighted by atomic mass is 9.96. The third-order valence-corrected chi connectivity index (χ3v) is 7.84. The van der Waals surface area contributed by atoms with Gasteiger partial charge in [-0.2, -0.15) is 4.31 Å². The van der Waals surface area contributed by atoms with Crippen molar-refractivity contribution in [1.82, 2.24) is 4.31 Å². The number of hydrogen-bond acceptors (Lipinski definition) is 7. The van der Waals surface area contributed by atoms with Gasteiger partial charge in [-0.25, -0.2) is 13.2 Å². The van der Waals surface area contributed by atoms with Crippen LogP contribution >= 0.6 is 0 Å². The van der Waals surface area contributed by atoms with Gasteiger partial charge in [0.05, 0.1) is 16.2 Å². The number of nitro benzene ring substituents is 1. The van der Waals surface area contributed by atoms with Gasteiger partial charge in [0.1, 0.15) is 4.90 Å². The molecule has 3 rings (SSSR count). The number of anilines is 1. The number of aryl methyl sites for hydroxylation is 1. The fraction of sp³-hybridized carbons (Fsp3) is 0.391. The molecular weight excluding hydrogens is 462 g/mol. The highest BCUT2D eigenvalue weighted by Crippen LogP contribution is 2.29. The maximum atomic E-state index is 13.2. The van der Waals surface area contributed by atoms with E-state index in [-0.39, 0.29) is 33.4 Å². The first kappa shape index (κ1) is 25.3. The number of carbonyl (C=O) groups excluding carboxylic acids is 2. The number of ether oxygens (including phenoxy) is 1. The van der Waals surface area contributed by atoms with E-state index < -0.39 is 33.4 Å². The number of carbonyl (C=O) groups is 2. The smallest absolute Gasteiger partial charge is 0.338 e. The third-order valence-electron chi connectivity index (χ3n) is 5.87. The number of hydrogen-bond donors (Lipinski definition) is 1. The van der Waals surface area contributed by atoms with E-state index in [1.165, 1.54) is 41.6 Å². The van der Waals surface area contributed by atoms with Crippen LogP contribution in [0.5, 0.6) is 0 Å². The minimum absolute atomic E-state index is 0.0336. The van der Waals surface area contributed by atoms with Crippen LogP contribution in [-0.2, 0) is 19.6 Å². The monoisotopic (exact) mass is 489 g/mol. The number of nitro groups is 1. The van der Waals surface area contributed by atoms with Gasteiger partial charge >= 0.3 is 5.97 Å². The van der Waals surface area contributed by atoms with Gasteiger partial charge in [-0.05, 0) is 44.0 Å². The first-order valence-corrected chi connectivity index (χ1v) is 12.3. The summed E-state index contributed by atoms with van der Waals surface area (Å²) in [4.78, 5) is 35.0. The molecule has 1 aliphatic rings. The van der Waals surface area contributed by atoms with Gasteiger partial charge in [0.15, 0.2) is 6.61 Å². The molecule has 1 N–H and O–H groups in total. The number of nitrogens with zero attached hydrogens (tertiary/aromatic N) is 2. The fourth-order valence-electron chi connectivity index (χ4n) is 3.98. The zero-order valence-electron chi connectivity index (χ0n) is 19.0. The second-order valence-electron chi connectivity index (χ2n) is 8.19. The standard InChI is InChI=1S/C23H27N3O7S/c1-16-14-17(12-13-20(16)26(29)30)23(28)33-15-22(27)24-19-10-6-7-11-21(19)34(31,32)25(2)18-8-4-3-5-9-18/h6-7,10-14,18H,3-5,8-9,15H2,1-2H3,(H,24,27). The average molecular weight is 490 g/mol. The van der Waals surface area contributed by atoms with Gasteiger partial charge in [0, 0.05) is 24.7 Å². The maximum Gasteiger partial charge on any atom is 0.338 e. The lowest BCUT2D eigenvalue weighted by molar-refractivity contribution is -0.385. The minimum Gasteiger partial charge on any atom is -0.452 e. The molecule has 1 aliphatic carbocycles. The third kappa shape index (κ3) is 5.78. The van der Waals surface area contributed by atoms with Crippen molar-refractivity contribution in [2.24, 2.45) is 0 Å². The molecular formula is C23H27N3O7S. The molecule has 2 aromatic carbocycles. The summed E-state index contributed by atoms with van der Waals surface area (Å²) in [5.74, 6) is -1.54. The first-order chi connectivity index (χ1) is 16.1. The van der Waals surface area contributed by atoms with Crippen molar-refractivity contribution in [3.8, 4) is 0 Å². The summed E-state index contributed by atoms with van der Waals surface area (Å²) >= 11 is 0. The topological polar surface area (TPSA) is 136 Å². The molecule has 10 nitrogen and oxygen atoms in total. The molecule has 0 heterocycles. The normalized spacial score (nSPS) is 14.6. The quantitative estimate of drug-likeness (QED) is 0.339. The van der Waals surface area contributed by atoms with Crippen molar-refractivity contribution >= 4 is 33.3 Å². The summed E-state index contributed by atoms with van der Waals surface area (Å²) in [6, 6.07) is 9.73. The molecule has 0 aromatic heterocycles. The van der Waals surface area contributed by atoms with Gasteiger partial charge in [-0.15, -0.1) is 0 Å². The lowest BCUT2D eigenvalue weighted by Gasteiger charge is -2.30. The Kier molecular flexibility index (Phi) is 8.00. The molecule has 34 heavy (non-hydrogen) atoms. The number of amides is 1. The zero-order valence-corrected chi connectivity index (χ0v) is 19.8. The molecule has 1 amide bonds. The Hall–Kier alpha value is -3.31. The number of esters is 1. The number of sulfonamides is 1. The van der Waals surface area contributed by atoms with Crippen LogP contribution in [0.15, 0.2) is 47.4 Å². The van der Waals surface area contributed by atoms with Crippen LogP contribution in [0.25, 0.3) is 0 Å². The van der Waals surface area contributed by atoms with E-state index in [4.69, 9.17) is 4.74 Å². The van der Waals surface area contributed by atoms with E-state index in [0.29, 0.717) is 0 Å². The van der Waals surface area contributed by atoms with Crippen LogP contribution in [0.1, 0.15) is 48.0 Å². The summed E-state index contributed by atoms with van der Waals surface area (Å²) in [5.41, 5.74) is 0.306. The van der Waals surface area contributed by atoms with E-state index in [0.717, 1.165) is 32.1 Å². The Morgan fingerprint density at radius 1 is 1.15 bits per heavy atom. The molecule has 2 aromatic rings. The molecule has 11 heteroatoms. The van der Waals surface area contributed by atoms with Crippen LogP contribution < -0.4 is 5.32 Å². The fourth-order valence-corrected chi connectivity index (χ4v) is 5.54. The number of nitrogens with one attached hydrogen (secondary N) is 1. The van der Waals surface area contributed by atoms with Crippen LogP contribution in [0, 0.1) is 17.0 Å². The number of benzene rings is 2. The summed E-state index contributed by atoms with van der Waals surface area (Å²) in [7, 11) is -2.30. The Morgan fingerprint density at radius 2 is 1.82 bits per heavy atom. The maximum absolute atomic E-state index is 13.2. The van der Waals surface area contributed by atoms with E-state index >= 15 is 0 Å².